The van der Waals surface area contributed by atoms with Crippen LogP contribution in [0.2, 0.25) is 5.15 Å². The fourth-order valence-electron chi connectivity index (χ4n) is 1.05. The molecule has 0 atom stereocenters. The maximum Gasteiger partial charge on any atom is 0.322 e. The van der Waals surface area contributed by atoms with E-state index in [1.54, 1.807) is 0 Å². The molecule has 0 spiro atoms. The predicted molar refractivity (Wildman–Crippen MR) is 65.3 cm³/mol. The van der Waals surface area contributed by atoms with E-state index in [1.807, 2.05) is 4.72 Å². The van der Waals surface area contributed by atoms with Gasteiger partial charge in [-0.3, -0.25) is 19.6 Å². The first-order valence-corrected chi connectivity index (χ1v) is 6.66. The standard InChI is InChI=1S/C8H8ClN3O6S/c1-18-7(13)4-19(16,17)11-8-5(12(14)15)2-3-6(9)10-8/h2-3H,4H2,1H3,(H,10,11). The summed E-state index contributed by atoms with van der Waals surface area (Å²) in [5, 5.41) is 10.6. The van der Waals surface area contributed by atoms with Crippen molar-refractivity contribution in [2.45, 2.75) is 0 Å². The van der Waals surface area contributed by atoms with Crippen molar-refractivity contribution in [3.05, 3.63) is 27.4 Å². The first kappa shape index (κ1) is 15.1. The summed E-state index contributed by atoms with van der Waals surface area (Å²) in [6.45, 7) is 0. The number of nitrogens with one attached hydrogen (secondary N) is 1. The van der Waals surface area contributed by atoms with Crippen LogP contribution in [0.5, 0.6) is 0 Å². The molecule has 1 rings (SSSR count). The second-order valence-corrected chi connectivity index (χ2v) is 5.31. The highest BCUT2D eigenvalue weighted by Crippen LogP contribution is 2.24. The lowest BCUT2D eigenvalue weighted by Gasteiger charge is -2.06. The molecule has 0 aliphatic rings. The fourth-order valence-corrected chi connectivity index (χ4v) is 2.14. The third-order valence-electron chi connectivity index (χ3n) is 1.82. The lowest BCUT2D eigenvalue weighted by Crippen LogP contribution is -2.24. The molecule has 11 heteroatoms. The molecule has 0 bridgehead atoms. The van der Waals surface area contributed by atoms with Crippen molar-refractivity contribution in [1.82, 2.24) is 4.98 Å². The van der Waals surface area contributed by atoms with E-state index in [0.717, 1.165) is 19.2 Å². The Balaban J connectivity index is 3.08. The molecule has 0 aromatic carbocycles. The monoisotopic (exact) mass is 309 g/mol. The van der Waals surface area contributed by atoms with Crippen molar-refractivity contribution in [3.8, 4) is 0 Å². The number of anilines is 1. The second-order valence-electron chi connectivity index (χ2n) is 3.20. The van der Waals surface area contributed by atoms with Gasteiger partial charge < -0.3 is 4.74 Å². The predicted octanol–water partition coefficient (Wildman–Crippen LogP) is 0.558. The van der Waals surface area contributed by atoms with Gasteiger partial charge in [-0.05, 0) is 6.07 Å². The smallest absolute Gasteiger partial charge is 0.322 e. The number of carbonyl (C=O) groups excluding carboxylic acids is 1. The van der Waals surface area contributed by atoms with Gasteiger partial charge in [0.25, 0.3) is 0 Å². The molecule has 0 fully saturated rings. The van der Waals surface area contributed by atoms with E-state index in [-0.39, 0.29) is 5.15 Å². The zero-order valence-corrected chi connectivity index (χ0v) is 11.1. The molecule has 0 aliphatic carbocycles. The Labute approximate surface area is 112 Å². The third-order valence-corrected chi connectivity index (χ3v) is 3.15. The van der Waals surface area contributed by atoms with Gasteiger partial charge in [0.05, 0.1) is 12.0 Å². The molecule has 0 aliphatic heterocycles. The minimum Gasteiger partial charge on any atom is -0.468 e. The number of carbonyl (C=O) groups is 1. The summed E-state index contributed by atoms with van der Waals surface area (Å²) in [5.41, 5.74) is -0.585. The molecule has 1 aromatic heterocycles. The van der Waals surface area contributed by atoms with Crippen molar-refractivity contribution in [1.29, 1.82) is 0 Å². The van der Waals surface area contributed by atoms with Crippen molar-refractivity contribution >= 4 is 39.1 Å². The number of pyridine rings is 1. The quantitative estimate of drug-likeness (QED) is 0.364. The summed E-state index contributed by atoms with van der Waals surface area (Å²) >= 11 is 5.52. The Bertz CT molecular complexity index is 617. The highest BCUT2D eigenvalue weighted by atomic mass is 35.5. The average molecular weight is 310 g/mol. The number of hydrogen-bond acceptors (Lipinski definition) is 7. The number of esters is 1. The summed E-state index contributed by atoms with van der Waals surface area (Å²) in [7, 11) is -3.16. The number of rotatable bonds is 5. The van der Waals surface area contributed by atoms with Gasteiger partial charge in [0.2, 0.25) is 15.8 Å². The van der Waals surface area contributed by atoms with Crippen molar-refractivity contribution in [2.24, 2.45) is 0 Å². The topological polar surface area (TPSA) is 128 Å². The van der Waals surface area contributed by atoms with Crippen LogP contribution >= 0.6 is 11.6 Å². The van der Waals surface area contributed by atoms with Gasteiger partial charge in [0.15, 0.2) is 5.75 Å². The number of aromatic nitrogens is 1. The van der Waals surface area contributed by atoms with Crippen LogP contribution in [0.25, 0.3) is 0 Å². The van der Waals surface area contributed by atoms with Crippen molar-refractivity contribution in [2.75, 3.05) is 17.6 Å². The van der Waals surface area contributed by atoms with Gasteiger partial charge in [0, 0.05) is 6.07 Å². The van der Waals surface area contributed by atoms with Gasteiger partial charge >= 0.3 is 11.7 Å². The van der Waals surface area contributed by atoms with Gasteiger partial charge in [-0.1, -0.05) is 11.6 Å². The average Bonchev–Trinajstić information content (AvgIpc) is 2.27. The largest absolute Gasteiger partial charge is 0.468 e. The molecule has 104 valence electrons. The lowest BCUT2D eigenvalue weighted by atomic mass is 10.4. The molecular formula is C8H8ClN3O6S. The van der Waals surface area contributed by atoms with Gasteiger partial charge in [-0.2, -0.15) is 0 Å². The highest BCUT2D eigenvalue weighted by Gasteiger charge is 2.23. The number of sulfonamides is 1. The number of nitrogens with zero attached hydrogens (tertiary/aromatic N) is 2. The Hall–Kier alpha value is -1.94. The SMILES string of the molecule is COC(=O)CS(=O)(=O)Nc1nc(Cl)ccc1[N+](=O)[O-]. The van der Waals surface area contributed by atoms with Crippen molar-refractivity contribution in [3.63, 3.8) is 0 Å². The molecule has 0 saturated heterocycles. The Morgan fingerprint density at radius 3 is 2.74 bits per heavy atom. The normalized spacial score (nSPS) is 10.8. The lowest BCUT2D eigenvalue weighted by molar-refractivity contribution is -0.384. The number of halogens is 1. The van der Waals surface area contributed by atoms with E-state index in [1.165, 1.54) is 0 Å². The van der Waals surface area contributed by atoms with Gasteiger partial charge in [-0.15, -0.1) is 0 Å². The van der Waals surface area contributed by atoms with Gasteiger partial charge in [0.1, 0.15) is 5.15 Å². The molecule has 0 saturated carbocycles. The minimum absolute atomic E-state index is 0.138. The molecule has 0 amide bonds. The third kappa shape index (κ3) is 4.34. The number of methoxy groups -OCH3 is 1. The Morgan fingerprint density at radius 2 is 2.21 bits per heavy atom. The van der Waals surface area contributed by atoms with Crippen molar-refractivity contribution < 1.29 is 22.9 Å². The van der Waals surface area contributed by atoms with Crippen LogP contribution in [0.4, 0.5) is 11.5 Å². The summed E-state index contributed by atoms with van der Waals surface area (Å²) in [5.74, 6) is -2.58. The number of ether oxygens (including phenoxy) is 1. The molecule has 0 radical (unpaired) electrons. The highest BCUT2D eigenvalue weighted by molar-refractivity contribution is 7.93. The zero-order chi connectivity index (χ0) is 14.6. The first-order valence-electron chi connectivity index (χ1n) is 4.63. The molecule has 19 heavy (non-hydrogen) atoms. The van der Waals surface area contributed by atoms with Crippen LogP contribution in [-0.2, 0) is 19.6 Å². The molecule has 1 aromatic rings. The maximum atomic E-state index is 11.5. The first-order chi connectivity index (χ1) is 8.75. The van der Waals surface area contributed by atoms with Gasteiger partial charge in [-0.25, -0.2) is 13.4 Å². The van der Waals surface area contributed by atoms with Crippen LogP contribution in [-0.4, -0.2) is 37.2 Å². The molecular weight excluding hydrogens is 302 g/mol. The summed E-state index contributed by atoms with van der Waals surface area (Å²) in [4.78, 5) is 24.2. The van der Waals surface area contributed by atoms with E-state index in [0.29, 0.717) is 0 Å². The van der Waals surface area contributed by atoms with Crippen LogP contribution in [0.15, 0.2) is 12.1 Å². The maximum absolute atomic E-state index is 11.5. The Kier molecular flexibility index (Phi) is 4.62. The van der Waals surface area contributed by atoms with Crippen LogP contribution in [0.1, 0.15) is 0 Å². The van der Waals surface area contributed by atoms with E-state index < -0.39 is 38.2 Å². The number of nitro groups is 1. The van der Waals surface area contributed by atoms with Crippen LogP contribution in [0.3, 0.4) is 0 Å². The second kappa shape index (κ2) is 5.80. The summed E-state index contributed by atoms with van der Waals surface area (Å²) < 4.78 is 29.1. The summed E-state index contributed by atoms with van der Waals surface area (Å²) in [6, 6.07) is 2.13. The zero-order valence-electron chi connectivity index (χ0n) is 9.49. The van der Waals surface area contributed by atoms with E-state index >= 15 is 0 Å². The molecule has 1 heterocycles. The molecule has 0 unspecified atom stereocenters. The Morgan fingerprint density at radius 1 is 1.58 bits per heavy atom. The minimum atomic E-state index is -4.17. The molecule has 9 nitrogen and oxygen atoms in total. The van der Waals surface area contributed by atoms with Crippen LogP contribution < -0.4 is 4.72 Å². The fraction of sp³-hybridized carbons (Fsp3) is 0.250. The number of hydrogen-bond donors (Lipinski definition) is 1. The van der Waals surface area contributed by atoms with E-state index in [4.69, 9.17) is 11.6 Å². The summed E-state index contributed by atoms with van der Waals surface area (Å²) in [6.07, 6.45) is 0. The van der Waals surface area contributed by atoms with Crippen LogP contribution in [0, 0.1) is 10.1 Å². The molecule has 1 N–H and O–H groups in total. The van der Waals surface area contributed by atoms with E-state index in [2.05, 4.69) is 9.72 Å². The van der Waals surface area contributed by atoms with E-state index in [9.17, 15) is 23.3 Å².